The summed E-state index contributed by atoms with van der Waals surface area (Å²) in [6.45, 7) is 0.712. The van der Waals surface area contributed by atoms with Crippen molar-refractivity contribution >= 4 is 11.9 Å². The first-order chi connectivity index (χ1) is 5.34. The molecule has 0 amide bonds. The number of ether oxygens (including phenoxy) is 1. The number of carbonyl (C=O) groups excluding carboxylic acids is 2. The third kappa shape index (κ3) is 6.96. The van der Waals surface area contributed by atoms with Crippen LogP contribution in [-0.2, 0) is 14.3 Å². The number of carbonyl (C=O) groups is 2. The molecule has 2 N–H and O–H groups in total. The zero-order valence-corrected chi connectivity index (χ0v) is 5.75. The van der Waals surface area contributed by atoms with E-state index in [1.54, 1.807) is 0 Å². The van der Waals surface area contributed by atoms with Crippen molar-refractivity contribution in [2.45, 2.75) is 13.1 Å². The molecule has 0 saturated carbocycles. The van der Waals surface area contributed by atoms with E-state index in [4.69, 9.17) is 10.5 Å². The average molecular weight is 190 g/mol. The molecule has 0 aliphatic heterocycles. The molecular formula is C4H5F3O5. The molecule has 8 heteroatoms. The molecule has 0 saturated heterocycles. The molecule has 0 fully saturated rings. The summed E-state index contributed by atoms with van der Waals surface area (Å²) in [7, 11) is 0. The van der Waals surface area contributed by atoms with Crippen LogP contribution >= 0.6 is 0 Å². The van der Waals surface area contributed by atoms with Crippen LogP contribution in [0.5, 0.6) is 0 Å². The summed E-state index contributed by atoms with van der Waals surface area (Å²) >= 11 is 0. The van der Waals surface area contributed by atoms with Gasteiger partial charge in [0.25, 0.3) is 0 Å². The van der Waals surface area contributed by atoms with E-state index in [1.165, 1.54) is 0 Å². The van der Waals surface area contributed by atoms with Crippen molar-refractivity contribution in [1.29, 1.82) is 0 Å². The minimum Gasteiger partial charge on any atom is -0.387 e. The zero-order chi connectivity index (χ0) is 10.4. The van der Waals surface area contributed by atoms with Gasteiger partial charge in [0.15, 0.2) is 0 Å². The summed E-state index contributed by atoms with van der Waals surface area (Å²) in [4.78, 5) is 19.5. The van der Waals surface area contributed by atoms with Crippen LogP contribution in [0.15, 0.2) is 0 Å². The Morgan fingerprint density at radius 1 is 1.25 bits per heavy atom. The summed E-state index contributed by atoms with van der Waals surface area (Å²) in [6, 6.07) is 0. The molecule has 0 atom stereocenters. The van der Waals surface area contributed by atoms with Gasteiger partial charge in [-0.25, -0.2) is 4.79 Å². The number of hydrogen-bond donors (Lipinski definition) is 2. The lowest BCUT2D eigenvalue weighted by Gasteiger charge is -2.01. The van der Waals surface area contributed by atoms with Gasteiger partial charge in [0.05, 0.1) is 0 Å². The van der Waals surface area contributed by atoms with E-state index < -0.39 is 18.1 Å². The highest BCUT2D eigenvalue weighted by atomic mass is 19.4. The third-order valence-corrected chi connectivity index (χ3v) is 0.468. The largest absolute Gasteiger partial charge is 0.491 e. The second-order valence-electron chi connectivity index (χ2n) is 1.38. The summed E-state index contributed by atoms with van der Waals surface area (Å²) in [5.41, 5.74) is 0. The van der Waals surface area contributed by atoms with Crippen LogP contribution < -0.4 is 0 Å². The first-order valence-corrected chi connectivity index (χ1v) is 2.33. The van der Waals surface area contributed by atoms with Gasteiger partial charge in [-0.2, -0.15) is 13.2 Å². The predicted octanol–water partition coefficient (Wildman–Crippen LogP) is 0.656. The number of hydrogen-bond acceptors (Lipinski definition) is 5. The second kappa shape index (κ2) is 5.49. The van der Waals surface area contributed by atoms with Crippen LogP contribution in [0.25, 0.3) is 0 Å². The Bertz CT molecular complexity index is 163. The lowest BCUT2D eigenvalue weighted by Crippen LogP contribution is -2.26. The first-order valence-electron chi connectivity index (χ1n) is 2.33. The standard InChI is InChI=1S/C4H3F3O3.H2O2/c1-2(8)10-3(9)4(5,6)7;1-2/h1H3;1-2H. The van der Waals surface area contributed by atoms with E-state index in [-0.39, 0.29) is 0 Å². The van der Waals surface area contributed by atoms with Crippen LogP contribution in [-0.4, -0.2) is 28.6 Å². The Morgan fingerprint density at radius 2 is 1.58 bits per heavy atom. The molecule has 0 heterocycles. The molecule has 0 aromatic carbocycles. The Balaban J connectivity index is 0. The quantitative estimate of drug-likeness (QED) is 0.253. The van der Waals surface area contributed by atoms with Crippen molar-refractivity contribution < 1.29 is 38.0 Å². The average Bonchev–Trinajstić information content (AvgIpc) is 1.88. The number of alkyl halides is 3. The highest BCUT2D eigenvalue weighted by Gasteiger charge is 2.41. The van der Waals surface area contributed by atoms with Crippen molar-refractivity contribution in [1.82, 2.24) is 0 Å². The van der Waals surface area contributed by atoms with Gasteiger partial charge < -0.3 is 4.74 Å². The van der Waals surface area contributed by atoms with E-state index in [9.17, 15) is 22.8 Å². The van der Waals surface area contributed by atoms with Gasteiger partial charge >= 0.3 is 18.1 Å². The lowest BCUT2D eigenvalue weighted by molar-refractivity contribution is -0.201. The van der Waals surface area contributed by atoms with Crippen molar-refractivity contribution in [2.75, 3.05) is 0 Å². The lowest BCUT2D eigenvalue weighted by atomic mass is 10.6. The Kier molecular flexibility index (Phi) is 6.15. The van der Waals surface area contributed by atoms with Crippen molar-refractivity contribution in [3.8, 4) is 0 Å². The maximum absolute atomic E-state index is 11.2. The molecule has 0 aromatic rings. The first kappa shape index (κ1) is 13.4. The maximum Gasteiger partial charge on any atom is 0.491 e. The topological polar surface area (TPSA) is 83.8 Å². The molecule has 0 aliphatic carbocycles. The minimum absolute atomic E-state index is 0.712. The Morgan fingerprint density at radius 3 is 1.67 bits per heavy atom. The van der Waals surface area contributed by atoms with Gasteiger partial charge in [-0.15, -0.1) is 0 Å². The highest BCUT2D eigenvalue weighted by molar-refractivity contribution is 5.87. The van der Waals surface area contributed by atoms with Gasteiger partial charge in [-0.1, -0.05) is 0 Å². The fourth-order valence-electron chi connectivity index (χ4n) is 0.188. The Hall–Kier alpha value is -1.15. The summed E-state index contributed by atoms with van der Waals surface area (Å²) < 4.78 is 36.8. The fourth-order valence-corrected chi connectivity index (χ4v) is 0.188. The van der Waals surface area contributed by atoms with E-state index >= 15 is 0 Å². The smallest absolute Gasteiger partial charge is 0.387 e. The molecule has 0 aromatic heterocycles. The van der Waals surface area contributed by atoms with Crippen LogP contribution in [0.2, 0.25) is 0 Å². The van der Waals surface area contributed by atoms with Crippen LogP contribution in [0.4, 0.5) is 13.2 Å². The highest BCUT2D eigenvalue weighted by Crippen LogP contribution is 2.16. The molecule has 0 spiro atoms. The normalized spacial score (nSPS) is 9.50. The van der Waals surface area contributed by atoms with Crippen molar-refractivity contribution in [3.05, 3.63) is 0 Å². The predicted molar refractivity (Wildman–Crippen MR) is 28.1 cm³/mol. The van der Waals surface area contributed by atoms with Crippen LogP contribution in [0.1, 0.15) is 6.92 Å². The van der Waals surface area contributed by atoms with Gasteiger partial charge in [-0.05, 0) is 0 Å². The minimum atomic E-state index is -5.09. The van der Waals surface area contributed by atoms with Gasteiger partial charge in [0, 0.05) is 6.92 Å². The second-order valence-corrected chi connectivity index (χ2v) is 1.38. The zero-order valence-electron chi connectivity index (χ0n) is 5.75. The molecule has 5 nitrogen and oxygen atoms in total. The van der Waals surface area contributed by atoms with Crippen molar-refractivity contribution in [3.63, 3.8) is 0 Å². The number of halogens is 3. The Labute approximate surface area is 64.3 Å². The van der Waals surface area contributed by atoms with E-state index in [0.29, 0.717) is 6.92 Å². The monoisotopic (exact) mass is 190 g/mol. The fraction of sp³-hybridized carbons (Fsp3) is 0.500. The van der Waals surface area contributed by atoms with E-state index in [2.05, 4.69) is 4.74 Å². The molecule has 0 radical (unpaired) electrons. The molecular weight excluding hydrogens is 185 g/mol. The van der Waals surface area contributed by atoms with Crippen LogP contribution in [0.3, 0.4) is 0 Å². The van der Waals surface area contributed by atoms with Crippen molar-refractivity contribution in [2.24, 2.45) is 0 Å². The third-order valence-electron chi connectivity index (χ3n) is 0.468. The number of rotatable bonds is 0. The number of esters is 2. The van der Waals surface area contributed by atoms with Gasteiger partial charge in [0.1, 0.15) is 0 Å². The molecule has 0 rings (SSSR count). The SMILES string of the molecule is CC(=O)OC(=O)C(F)(F)F.OO. The maximum atomic E-state index is 11.2. The van der Waals surface area contributed by atoms with E-state index in [0.717, 1.165) is 0 Å². The van der Waals surface area contributed by atoms with E-state index in [1.807, 2.05) is 0 Å². The van der Waals surface area contributed by atoms with Crippen LogP contribution in [0, 0.1) is 0 Å². The molecule has 12 heavy (non-hydrogen) atoms. The molecule has 72 valence electrons. The molecule has 0 bridgehead atoms. The van der Waals surface area contributed by atoms with Gasteiger partial charge in [0.2, 0.25) is 0 Å². The molecule has 0 aliphatic rings. The molecule has 0 unspecified atom stereocenters. The summed E-state index contributed by atoms with van der Waals surface area (Å²) in [6.07, 6.45) is -5.09. The summed E-state index contributed by atoms with van der Waals surface area (Å²) in [5, 5.41) is 12.0. The summed E-state index contributed by atoms with van der Waals surface area (Å²) in [5.74, 6) is -3.76. The van der Waals surface area contributed by atoms with Gasteiger partial charge in [-0.3, -0.25) is 15.3 Å².